The molecule has 8 heteroatoms. The van der Waals surface area contributed by atoms with Crippen molar-refractivity contribution in [3.8, 4) is 11.5 Å². The maximum Gasteiger partial charge on any atom is 0.335 e. The highest BCUT2D eigenvalue weighted by molar-refractivity contribution is 7.86. The maximum absolute atomic E-state index is 12.0. The van der Waals surface area contributed by atoms with Gasteiger partial charge in [0.1, 0.15) is 11.5 Å². The van der Waals surface area contributed by atoms with Crippen LogP contribution in [0.15, 0.2) is 48.5 Å². The van der Waals surface area contributed by atoms with Gasteiger partial charge in [-0.25, -0.2) is 4.79 Å². The molecule has 1 atom stereocenters. The minimum Gasteiger partial charge on any atom is -0.493 e. The van der Waals surface area contributed by atoms with E-state index in [9.17, 15) is 13.2 Å². The van der Waals surface area contributed by atoms with E-state index in [1.807, 2.05) is 31.2 Å². The lowest BCUT2D eigenvalue weighted by atomic mass is 10.1. The molecule has 0 bridgehead atoms. The Bertz CT molecular complexity index is 890. The molecule has 2 aromatic rings. The van der Waals surface area contributed by atoms with Crippen molar-refractivity contribution in [1.29, 1.82) is 0 Å². The maximum atomic E-state index is 12.0. The Labute approximate surface area is 178 Å². The molecule has 0 spiro atoms. The Kier molecular flexibility index (Phi) is 9.14. The number of benzene rings is 2. The second kappa shape index (κ2) is 11.6. The number of carbonyl (C=O) groups is 1. The minimum atomic E-state index is -3.52. The van der Waals surface area contributed by atoms with Crippen molar-refractivity contribution in [1.82, 2.24) is 0 Å². The molecule has 7 nitrogen and oxygen atoms in total. The molecular formula is C22H28O7S. The first kappa shape index (κ1) is 23.7. The second-order valence-corrected chi connectivity index (χ2v) is 8.15. The van der Waals surface area contributed by atoms with Gasteiger partial charge in [-0.3, -0.25) is 0 Å². The van der Waals surface area contributed by atoms with E-state index in [1.165, 1.54) is 0 Å². The van der Waals surface area contributed by atoms with Crippen LogP contribution in [0.1, 0.15) is 25.0 Å². The third kappa shape index (κ3) is 8.42. The van der Waals surface area contributed by atoms with Gasteiger partial charge in [0.15, 0.2) is 6.10 Å². The predicted octanol–water partition coefficient (Wildman–Crippen LogP) is 3.16. The lowest BCUT2D eigenvalue weighted by Gasteiger charge is -2.15. The molecule has 0 saturated heterocycles. The highest BCUT2D eigenvalue weighted by Crippen LogP contribution is 2.17. The average Bonchev–Trinajstić information content (AvgIpc) is 2.69. The number of esters is 1. The SMILES string of the molecule is CCOC(=O)[C@@H](Cc1ccc(OCCc2ccc(OS(C)(=O)=O)cc2)cc1)OCC. The van der Waals surface area contributed by atoms with Crippen LogP contribution < -0.4 is 8.92 Å². The Morgan fingerprint density at radius 3 is 2.07 bits per heavy atom. The third-order valence-electron chi connectivity index (χ3n) is 4.09. The summed E-state index contributed by atoms with van der Waals surface area (Å²) in [6.45, 7) is 4.84. The molecule has 30 heavy (non-hydrogen) atoms. The molecule has 0 fully saturated rings. The fourth-order valence-electron chi connectivity index (χ4n) is 2.76. The van der Waals surface area contributed by atoms with Gasteiger partial charge in [0.25, 0.3) is 0 Å². The smallest absolute Gasteiger partial charge is 0.335 e. The molecule has 0 unspecified atom stereocenters. The van der Waals surface area contributed by atoms with Crippen LogP contribution in [0, 0.1) is 0 Å². The molecule has 0 aliphatic heterocycles. The first-order valence-corrected chi connectivity index (χ1v) is 11.6. The normalized spacial score (nSPS) is 12.2. The van der Waals surface area contributed by atoms with Crippen molar-refractivity contribution >= 4 is 16.1 Å². The van der Waals surface area contributed by atoms with E-state index < -0.39 is 16.2 Å². The van der Waals surface area contributed by atoms with E-state index in [4.69, 9.17) is 18.4 Å². The van der Waals surface area contributed by atoms with Crippen LogP contribution in [0.4, 0.5) is 0 Å². The molecule has 0 amide bonds. The van der Waals surface area contributed by atoms with Gasteiger partial charge < -0.3 is 18.4 Å². The summed E-state index contributed by atoms with van der Waals surface area (Å²) in [5.41, 5.74) is 1.96. The summed E-state index contributed by atoms with van der Waals surface area (Å²) in [4.78, 5) is 12.0. The molecule has 0 saturated carbocycles. The second-order valence-electron chi connectivity index (χ2n) is 6.57. The number of hydrogen-bond acceptors (Lipinski definition) is 7. The molecule has 0 radical (unpaired) electrons. The zero-order chi connectivity index (χ0) is 22.0. The lowest BCUT2D eigenvalue weighted by molar-refractivity contribution is -0.156. The Morgan fingerprint density at radius 2 is 1.50 bits per heavy atom. The molecule has 0 aromatic heterocycles. The van der Waals surface area contributed by atoms with E-state index in [-0.39, 0.29) is 11.7 Å². The van der Waals surface area contributed by atoms with Gasteiger partial charge in [-0.1, -0.05) is 24.3 Å². The Balaban J connectivity index is 1.83. The van der Waals surface area contributed by atoms with E-state index >= 15 is 0 Å². The molecule has 0 aliphatic carbocycles. The number of carbonyl (C=O) groups excluding carboxylic acids is 1. The van der Waals surface area contributed by atoms with Crippen molar-refractivity contribution in [2.45, 2.75) is 32.8 Å². The summed E-state index contributed by atoms with van der Waals surface area (Å²) >= 11 is 0. The number of ether oxygens (including phenoxy) is 3. The van der Waals surface area contributed by atoms with Gasteiger partial charge in [0, 0.05) is 19.4 Å². The van der Waals surface area contributed by atoms with Crippen LogP contribution in [0.25, 0.3) is 0 Å². The van der Waals surface area contributed by atoms with Crippen LogP contribution in [0.2, 0.25) is 0 Å². The zero-order valence-electron chi connectivity index (χ0n) is 17.5. The lowest BCUT2D eigenvalue weighted by Crippen LogP contribution is -2.28. The third-order valence-corrected chi connectivity index (χ3v) is 4.59. The van der Waals surface area contributed by atoms with E-state index in [0.29, 0.717) is 32.7 Å². The van der Waals surface area contributed by atoms with Crippen molar-refractivity contribution in [3.05, 3.63) is 59.7 Å². The molecule has 2 aromatic carbocycles. The molecule has 0 aliphatic rings. The van der Waals surface area contributed by atoms with Crippen molar-refractivity contribution in [3.63, 3.8) is 0 Å². The molecule has 0 heterocycles. The Hall–Kier alpha value is -2.58. The Morgan fingerprint density at radius 1 is 0.900 bits per heavy atom. The van der Waals surface area contributed by atoms with Gasteiger partial charge in [-0.15, -0.1) is 0 Å². The quantitative estimate of drug-likeness (QED) is 0.373. The molecule has 0 N–H and O–H groups in total. The topological polar surface area (TPSA) is 88.1 Å². The minimum absolute atomic E-state index is 0.283. The molecule has 2 rings (SSSR count). The van der Waals surface area contributed by atoms with Gasteiger partial charge >= 0.3 is 16.1 Å². The van der Waals surface area contributed by atoms with Gasteiger partial charge in [-0.2, -0.15) is 8.42 Å². The van der Waals surface area contributed by atoms with Crippen LogP contribution in [0.5, 0.6) is 11.5 Å². The van der Waals surface area contributed by atoms with Crippen molar-refractivity contribution < 1.29 is 31.6 Å². The van der Waals surface area contributed by atoms with Gasteiger partial charge in [0.05, 0.1) is 19.5 Å². The summed E-state index contributed by atoms with van der Waals surface area (Å²) < 4.78 is 43.4. The van der Waals surface area contributed by atoms with Crippen LogP contribution in [0.3, 0.4) is 0 Å². The highest BCUT2D eigenvalue weighted by atomic mass is 32.2. The van der Waals surface area contributed by atoms with E-state index in [1.54, 1.807) is 31.2 Å². The van der Waals surface area contributed by atoms with Crippen LogP contribution in [-0.2, 0) is 37.2 Å². The fraction of sp³-hybridized carbons (Fsp3) is 0.409. The standard InChI is InChI=1S/C22H28O7S/c1-4-26-21(22(23)27-5-2)16-18-8-10-19(11-9-18)28-15-14-17-6-12-20(13-7-17)29-30(3,24)25/h6-13,21H,4-5,14-16H2,1-3H3/t21-/m1/s1. The summed E-state index contributed by atoms with van der Waals surface area (Å²) in [5.74, 6) is 0.651. The van der Waals surface area contributed by atoms with Crippen molar-refractivity contribution in [2.24, 2.45) is 0 Å². The average molecular weight is 437 g/mol. The van der Waals surface area contributed by atoms with E-state index in [0.717, 1.165) is 23.1 Å². The predicted molar refractivity (Wildman–Crippen MR) is 113 cm³/mol. The molecule has 164 valence electrons. The number of hydrogen-bond donors (Lipinski definition) is 0. The monoisotopic (exact) mass is 436 g/mol. The van der Waals surface area contributed by atoms with Gasteiger partial charge in [-0.05, 0) is 49.2 Å². The summed E-state index contributed by atoms with van der Waals surface area (Å²) in [6, 6.07) is 14.3. The first-order chi connectivity index (χ1) is 14.3. The van der Waals surface area contributed by atoms with E-state index in [2.05, 4.69) is 0 Å². The summed E-state index contributed by atoms with van der Waals surface area (Å²) in [6.07, 6.45) is 1.50. The van der Waals surface area contributed by atoms with Crippen LogP contribution >= 0.6 is 0 Å². The highest BCUT2D eigenvalue weighted by Gasteiger charge is 2.20. The summed E-state index contributed by atoms with van der Waals surface area (Å²) in [7, 11) is -3.52. The molecular weight excluding hydrogens is 408 g/mol. The van der Waals surface area contributed by atoms with Crippen LogP contribution in [-0.4, -0.2) is 46.6 Å². The summed E-state index contributed by atoms with van der Waals surface area (Å²) in [5, 5.41) is 0. The first-order valence-electron chi connectivity index (χ1n) is 9.79. The largest absolute Gasteiger partial charge is 0.493 e. The zero-order valence-corrected chi connectivity index (χ0v) is 18.3. The number of rotatable bonds is 12. The van der Waals surface area contributed by atoms with Crippen molar-refractivity contribution in [2.75, 3.05) is 26.1 Å². The fourth-order valence-corrected chi connectivity index (χ4v) is 3.22. The van der Waals surface area contributed by atoms with Gasteiger partial charge in [0.2, 0.25) is 0 Å².